The van der Waals surface area contributed by atoms with Crippen LogP contribution in [0.15, 0.2) is 24.3 Å². The van der Waals surface area contributed by atoms with Crippen LogP contribution in [0.5, 0.6) is 0 Å². The number of anilines is 1. The Morgan fingerprint density at radius 1 is 1.17 bits per heavy atom. The zero-order valence-corrected chi connectivity index (χ0v) is 12.5. The monoisotopic (exact) mass is 319 g/mol. The number of carboxylic acids is 1. The fourth-order valence-electron chi connectivity index (χ4n) is 2.92. The molecule has 2 fully saturated rings. The number of nitro groups is 1. The molecule has 1 saturated heterocycles. The fourth-order valence-corrected chi connectivity index (χ4v) is 2.92. The molecule has 1 amide bonds. The number of hydrogen-bond acceptors (Lipinski definition) is 5. The molecule has 8 nitrogen and oxygen atoms in total. The Morgan fingerprint density at radius 2 is 1.83 bits per heavy atom. The predicted molar refractivity (Wildman–Crippen MR) is 81.2 cm³/mol. The fraction of sp³-hybridized carbons (Fsp3) is 0.467. The lowest BCUT2D eigenvalue weighted by Crippen LogP contribution is -2.52. The molecule has 0 radical (unpaired) electrons. The van der Waals surface area contributed by atoms with Gasteiger partial charge in [-0.25, -0.2) is 0 Å². The number of aliphatic carboxylic acids is 1. The van der Waals surface area contributed by atoms with Crippen molar-refractivity contribution in [2.75, 3.05) is 31.1 Å². The third-order valence-electron chi connectivity index (χ3n) is 4.54. The van der Waals surface area contributed by atoms with Crippen molar-refractivity contribution in [1.82, 2.24) is 4.90 Å². The summed E-state index contributed by atoms with van der Waals surface area (Å²) in [7, 11) is 0. The van der Waals surface area contributed by atoms with Crippen LogP contribution in [0.3, 0.4) is 0 Å². The summed E-state index contributed by atoms with van der Waals surface area (Å²) < 4.78 is 0. The third kappa shape index (κ3) is 2.71. The number of piperazine rings is 1. The van der Waals surface area contributed by atoms with Gasteiger partial charge in [0.05, 0.1) is 4.92 Å². The van der Waals surface area contributed by atoms with Crippen LogP contribution in [0.2, 0.25) is 0 Å². The van der Waals surface area contributed by atoms with E-state index in [0.29, 0.717) is 39.0 Å². The van der Waals surface area contributed by atoms with Crippen LogP contribution in [-0.4, -0.2) is 53.0 Å². The summed E-state index contributed by atoms with van der Waals surface area (Å²) in [5.74, 6) is -1.34. The van der Waals surface area contributed by atoms with Gasteiger partial charge < -0.3 is 14.9 Å². The summed E-state index contributed by atoms with van der Waals surface area (Å²) in [6.45, 7) is 1.92. The van der Waals surface area contributed by atoms with Crippen LogP contribution < -0.4 is 4.90 Å². The van der Waals surface area contributed by atoms with Crippen molar-refractivity contribution >= 4 is 23.3 Å². The first-order chi connectivity index (χ1) is 10.9. The highest BCUT2D eigenvalue weighted by Gasteiger charge is 2.58. The van der Waals surface area contributed by atoms with Crippen molar-refractivity contribution in [3.63, 3.8) is 0 Å². The number of amides is 1. The third-order valence-corrected chi connectivity index (χ3v) is 4.54. The number of nitrogens with zero attached hydrogens (tertiary/aromatic N) is 3. The number of carbonyl (C=O) groups excluding carboxylic acids is 1. The molecule has 0 bridgehead atoms. The largest absolute Gasteiger partial charge is 0.480 e. The molecule has 0 atom stereocenters. The molecule has 1 aliphatic carbocycles. The number of non-ortho nitro benzene ring substituents is 1. The van der Waals surface area contributed by atoms with Gasteiger partial charge in [0.15, 0.2) is 0 Å². The molecule has 1 aromatic carbocycles. The van der Waals surface area contributed by atoms with Gasteiger partial charge in [0.25, 0.3) is 5.69 Å². The topological polar surface area (TPSA) is 104 Å². The molecule has 8 heteroatoms. The zero-order valence-electron chi connectivity index (χ0n) is 12.5. The van der Waals surface area contributed by atoms with Crippen molar-refractivity contribution in [3.05, 3.63) is 34.4 Å². The molecule has 1 aromatic rings. The van der Waals surface area contributed by atoms with Gasteiger partial charge in [0.1, 0.15) is 5.41 Å². The predicted octanol–water partition coefficient (Wildman–Crippen LogP) is 1.11. The number of nitro benzene ring substituents is 1. The molecule has 23 heavy (non-hydrogen) atoms. The molecule has 1 aliphatic heterocycles. The molecule has 1 N–H and O–H groups in total. The second kappa shape index (κ2) is 5.53. The Hall–Kier alpha value is -2.64. The minimum atomic E-state index is -1.20. The average Bonchev–Trinajstić information content (AvgIpc) is 3.36. The number of hydrogen-bond donors (Lipinski definition) is 1. The van der Waals surface area contributed by atoms with Crippen LogP contribution >= 0.6 is 0 Å². The number of carboxylic acid groups (broad SMARTS) is 1. The van der Waals surface area contributed by atoms with Crippen molar-refractivity contribution in [3.8, 4) is 0 Å². The summed E-state index contributed by atoms with van der Waals surface area (Å²) in [6.07, 6.45) is 0.818. The molecule has 0 aromatic heterocycles. The highest BCUT2D eigenvalue weighted by Crippen LogP contribution is 2.47. The van der Waals surface area contributed by atoms with Crippen molar-refractivity contribution in [2.24, 2.45) is 5.41 Å². The van der Waals surface area contributed by atoms with E-state index in [9.17, 15) is 24.8 Å². The van der Waals surface area contributed by atoms with Gasteiger partial charge in [-0.2, -0.15) is 0 Å². The average molecular weight is 319 g/mol. The molecule has 1 heterocycles. The Bertz CT molecular complexity index is 663. The number of rotatable bonds is 4. The minimum absolute atomic E-state index is 0.0313. The van der Waals surface area contributed by atoms with E-state index in [4.69, 9.17) is 0 Å². The molecular weight excluding hydrogens is 302 g/mol. The summed E-state index contributed by atoms with van der Waals surface area (Å²) in [6, 6.07) is 6.38. The van der Waals surface area contributed by atoms with E-state index in [1.165, 1.54) is 12.1 Å². The minimum Gasteiger partial charge on any atom is -0.480 e. The lowest BCUT2D eigenvalue weighted by Gasteiger charge is -2.37. The first-order valence-electron chi connectivity index (χ1n) is 7.46. The van der Waals surface area contributed by atoms with Crippen LogP contribution in [0.25, 0.3) is 0 Å². The van der Waals surface area contributed by atoms with Crippen LogP contribution in [0.4, 0.5) is 11.4 Å². The van der Waals surface area contributed by atoms with Gasteiger partial charge in [-0.05, 0) is 18.9 Å². The van der Waals surface area contributed by atoms with Gasteiger partial charge in [-0.1, -0.05) is 6.07 Å². The summed E-state index contributed by atoms with van der Waals surface area (Å²) >= 11 is 0. The highest BCUT2D eigenvalue weighted by atomic mass is 16.6. The quantitative estimate of drug-likeness (QED) is 0.506. The second-order valence-electron chi connectivity index (χ2n) is 5.94. The summed E-state index contributed by atoms with van der Waals surface area (Å²) in [5, 5.41) is 20.0. The molecule has 1 saturated carbocycles. The van der Waals surface area contributed by atoms with Crippen molar-refractivity contribution in [1.29, 1.82) is 0 Å². The van der Waals surface area contributed by atoms with Gasteiger partial charge >= 0.3 is 5.97 Å². The summed E-state index contributed by atoms with van der Waals surface area (Å²) in [4.78, 5) is 37.5. The Morgan fingerprint density at radius 3 is 2.35 bits per heavy atom. The van der Waals surface area contributed by atoms with Crippen LogP contribution in [0, 0.1) is 15.5 Å². The molecule has 2 aliphatic rings. The van der Waals surface area contributed by atoms with E-state index in [2.05, 4.69) is 0 Å². The van der Waals surface area contributed by atoms with E-state index in [-0.39, 0.29) is 11.6 Å². The smallest absolute Gasteiger partial charge is 0.319 e. The van der Waals surface area contributed by atoms with E-state index >= 15 is 0 Å². The number of benzene rings is 1. The van der Waals surface area contributed by atoms with E-state index in [1.807, 2.05) is 4.90 Å². The lowest BCUT2D eigenvalue weighted by atomic mass is 10.1. The van der Waals surface area contributed by atoms with E-state index in [0.717, 1.165) is 5.69 Å². The van der Waals surface area contributed by atoms with Gasteiger partial charge in [-0.3, -0.25) is 19.7 Å². The Balaban J connectivity index is 1.65. The van der Waals surface area contributed by atoms with Crippen LogP contribution in [-0.2, 0) is 9.59 Å². The highest BCUT2D eigenvalue weighted by molar-refractivity contribution is 6.04. The first kappa shape index (κ1) is 15.3. The zero-order chi connectivity index (χ0) is 16.6. The Kier molecular flexibility index (Phi) is 3.67. The maximum atomic E-state index is 12.3. The number of carbonyl (C=O) groups is 2. The van der Waals surface area contributed by atoms with E-state index < -0.39 is 16.3 Å². The SMILES string of the molecule is O=C(O)C1(C(=O)N2CCN(c3cccc([N+](=O)[O-])c3)CC2)CC1. The molecule has 3 rings (SSSR count). The lowest BCUT2D eigenvalue weighted by molar-refractivity contribution is -0.384. The van der Waals surface area contributed by atoms with Crippen molar-refractivity contribution in [2.45, 2.75) is 12.8 Å². The van der Waals surface area contributed by atoms with Gasteiger partial charge in [0, 0.05) is 44.0 Å². The second-order valence-corrected chi connectivity index (χ2v) is 5.94. The maximum Gasteiger partial charge on any atom is 0.319 e. The van der Waals surface area contributed by atoms with Crippen LogP contribution in [0.1, 0.15) is 12.8 Å². The normalized spacial score (nSPS) is 19.3. The Labute approximate surface area is 132 Å². The molecular formula is C15H17N3O5. The van der Waals surface area contributed by atoms with Crippen molar-refractivity contribution < 1.29 is 19.6 Å². The molecule has 122 valence electrons. The van der Waals surface area contributed by atoms with Gasteiger partial charge in [0.2, 0.25) is 5.91 Å². The maximum absolute atomic E-state index is 12.3. The molecule has 0 unspecified atom stereocenters. The molecule has 0 spiro atoms. The first-order valence-corrected chi connectivity index (χ1v) is 7.46. The van der Waals surface area contributed by atoms with Gasteiger partial charge in [-0.15, -0.1) is 0 Å². The van der Waals surface area contributed by atoms with E-state index in [1.54, 1.807) is 17.0 Å². The standard InChI is InChI=1S/C15H17N3O5/c19-13(15(4-5-15)14(20)21)17-8-6-16(7-9-17)11-2-1-3-12(10-11)18(22)23/h1-3,10H,4-9H2,(H,20,21). The summed E-state index contributed by atoms with van der Waals surface area (Å²) in [5.41, 5.74) is -0.428.